The third-order valence-corrected chi connectivity index (χ3v) is 5.16. The highest BCUT2D eigenvalue weighted by Gasteiger charge is 2.39. The van der Waals surface area contributed by atoms with Crippen LogP contribution in [0.5, 0.6) is 0 Å². The zero-order valence-corrected chi connectivity index (χ0v) is 12.9. The second-order valence-electron chi connectivity index (χ2n) is 6.98. The molecule has 1 amide bonds. The van der Waals surface area contributed by atoms with Crippen LogP contribution in [-0.4, -0.2) is 22.4 Å². The lowest BCUT2D eigenvalue weighted by molar-refractivity contribution is -0.136. The smallest absolute Gasteiger partial charge is 0.224 e. The summed E-state index contributed by atoms with van der Waals surface area (Å²) in [5.41, 5.74) is 7.26. The Hall–Kier alpha value is -1.35. The molecule has 0 bridgehead atoms. The van der Waals surface area contributed by atoms with Gasteiger partial charge in [-0.1, -0.05) is 30.3 Å². The molecule has 2 aliphatic rings. The Morgan fingerprint density at radius 3 is 2.52 bits per heavy atom. The van der Waals surface area contributed by atoms with Crippen molar-refractivity contribution in [3.05, 3.63) is 35.9 Å². The van der Waals surface area contributed by atoms with Crippen molar-refractivity contribution < 1.29 is 4.79 Å². The number of hydrogen-bond donors (Lipinski definition) is 1. The molecule has 3 rings (SSSR count). The van der Waals surface area contributed by atoms with Crippen LogP contribution in [0.2, 0.25) is 0 Å². The summed E-state index contributed by atoms with van der Waals surface area (Å²) in [5, 5.41) is 0. The average Bonchev–Trinajstić information content (AvgIpc) is 3.28. The molecule has 1 aromatic carbocycles. The van der Waals surface area contributed by atoms with Crippen LogP contribution < -0.4 is 5.73 Å². The number of carbonyl (C=O) groups excluding carboxylic acids is 1. The van der Waals surface area contributed by atoms with E-state index in [0.29, 0.717) is 24.9 Å². The second-order valence-corrected chi connectivity index (χ2v) is 6.98. The van der Waals surface area contributed by atoms with Crippen molar-refractivity contribution in [2.24, 2.45) is 11.7 Å². The van der Waals surface area contributed by atoms with Crippen LogP contribution in [0.1, 0.15) is 51.0 Å². The van der Waals surface area contributed by atoms with Gasteiger partial charge in [0, 0.05) is 24.5 Å². The minimum atomic E-state index is -0.227. The molecule has 0 heterocycles. The van der Waals surface area contributed by atoms with Gasteiger partial charge < -0.3 is 10.6 Å². The molecule has 0 unspecified atom stereocenters. The Morgan fingerprint density at radius 2 is 2.00 bits per heavy atom. The van der Waals surface area contributed by atoms with Gasteiger partial charge in [0.05, 0.1) is 0 Å². The Morgan fingerprint density at radius 1 is 1.33 bits per heavy atom. The SMILES string of the molecule is C[C@H](C1CC1)N(Cc1ccccc1)C(=O)CC1(N)CCC1. The molecule has 3 nitrogen and oxygen atoms in total. The third kappa shape index (κ3) is 3.46. The molecule has 2 N–H and O–H groups in total. The highest BCUT2D eigenvalue weighted by atomic mass is 16.2. The first-order valence-corrected chi connectivity index (χ1v) is 8.20. The summed E-state index contributed by atoms with van der Waals surface area (Å²) < 4.78 is 0. The van der Waals surface area contributed by atoms with Gasteiger partial charge in [-0.25, -0.2) is 0 Å². The zero-order valence-electron chi connectivity index (χ0n) is 12.9. The molecule has 114 valence electrons. The number of nitrogens with zero attached hydrogens (tertiary/aromatic N) is 1. The van der Waals surface area contributed by atoms with Crippen molar-refractivity contribution >= 4 is 5.91 Å². The van der Waals surface area contributed by atoms with Gasteiger partial charge in [-0.2, -0.15) is 0 Å². The van der Waals surface area contributed by atoms with Crippen molar-refractivity contribution in [3.63, 3.8) is 0 Å². The van der Waals surface area contributed by atoms with E-state index >= 15 is 0 Å². The van der Waals surface area contributed by atoms with E-state index in [1.54, 1.807) is 0 Å². The Labute approximate surface area is 127 Å². The summed E-state index contributed by atoms with van der Waals surface area (Å²) in [7, 11) is 0. The first-order chi connectivity index (χ1) is 10.1. The number of benzene rings is 1. The van der Waals surface area contributed by atoms with Gasteiger partial charge in [0.1, 0.15) is 0 Å². The molecule has 0 aliphatic heterocycles. The first kappa shape index (κ1) is 14.6. The lowest BCUT2D eigenvalue weighted by Crippen LogP contribution is -2.51. The van der Waals surface area contributed by atoms with Gasteiger partial charge in [0.15, 0.2) is 0 Å². The zero-order chi connectivity index (χ0) is 14.9. The van der Waals surface area contributed by atoms with Crippen molar-refractivity contribution in [2.75, 3.05) is 0 Å². The van der Waals surface area contributed by atoms with Crippen LogP contribution in [0, 0.1) is 5.92 Å². The molecule has 21 heavy (non-hydrogen) atoms. The van der Waals surface area contributed by atoms with Crippen molar-refractivity contribution in [2.45, 2.75) is 63.6 Å². The minimum Gasteiger partial charge on any atom is -0.335 e. The molecule has 0 aromatic heterocycles. The van der Waals surface area contributed by atoms with Gasteiger partial charge >= 0.3 is 0 Å². The molecule has 3 heteroatoms. The number of nitrogens with two attached hydrogens (primary N) is 1. The third-order valence-electron chi connectivity index (χ3n) is 5.16. The predicted octanol–water partition coefficient (Wildman–Crippen LogP) is 3.09. The summed E-state index contributed by atoms with van der Waals surface area (Å²) in [6.07, 6.45) is 6.18. The van der Waals surface area contributed by atoms with E-state index < -0.39 is 0 Å². The van der Waals surface area contributed by atoms with Gasteiger partial charge in [-0.15, -0.1) is 0 Å². The van der Waals surface area contributed by atoms with Gasteiger partial charge in [0.2, 0.25) is 5.91 Å². The molecule has 0 radical (unpaired) electrons. The fourth-order valence-corrected chi connectivity index (χ4v) is 3.28. The fraction of sp³-hybridized carbons (Fsp3) is 0.611. The van der Waals surface area contributed by atoms with Crippen molar-refractivity contribution in [1.29, 1.82) is 0 Å². The lowest BCUT2D eigenvalue weighted by atomic mass is 9.75. The van der Waals surface area contributed by atoms with E-state index in [0.717, 1.165) is 12.8 Å². The number of rotatable bonds is 6. The molecule has 0 saturated heterocycles. The van der Waals surface area contributed by atoms with Crippen LogP contribution in [0.4, 0.5) is 0 Å². The maximum absolute atomic E-state index is 12.8. The molecule has 2 saturated carbocycles. The second kappa shape index (κ2) is 5.80. The topological polar surface area (TPSA) is 46.3 Å². The van der Waals surface area contributed by atoms with Gasteiger partial charge in [0.25, 0.3) is 0 Å². The fourth-order valence-electron chi connectivity index (χ4n) is 3.28. The van der Waals surface area contributed by atoms with Crippen LogP contribution >= 0.6 is 0 Å². The van der Waals surface area contributed by atoms with E-state index in [9.17, 15) is 4.79 Å². The van der Waals surface area contributed by atoms with Crippen molar-refractivity contribution in [1.82, 2.24) is 4.90 Å². The van der Waals surface area contributed by atoms with E-state index in [-0.39, 0.29) is 11.4 Å². The molecular weight excluding hydrogens is 260 g/mol. The largest absolute Gasteiger partial charge is 0.335 e. The standard InChI is InChI=1S/C18H26N2O/c1-14(16-8-9-16)20(13-15-6-3-2-4-7-15)17(21)12-18(19)10-5-11-18/h2-4,6-7,14,16H,5,8-13,19H2,1H3/t14-/m1/s1. The Balaban J connectivity index is 1.70. The minimum absolute atomic E-state index is 0.227. The first-order valence-electron chi connectivity index (χ1n) is 8.20. The van der Waals surface area contributed by atoms with Gasteiger partial charge in [-0.3, -0.25) is 4.79 Å². The highest BCUT2D eigenvalue weighted by Crippen LogP contribution is 2.37. The summed E-state index contributed by atoms with van der Waals surface area (Å²) >= 11 is 0. The molecule has 1 aromatic rings. The van der Waals surface area contributed by atoms with Crippen LogP contribution in [0.25, 0.3) is 0 Å². The number of carbonyl (C=O) groups is 1. The molecular formula is C18H26N2O. The van der Waals surface area contributed by atoms with Crippen LogP contribution in [0.15, 0.2) is 30.3 Å². The molecule has 2 aliphatic carbocycles. The Kier molecular flexibility index (Phi) is 4.03. The van der Waals surface area contributed by atoms with E-state index in [2.05, 4.69) is 24.0 Å². The number of amides is 1. The summed E-state index contributed by atoms with van der Waals surface area (Å²) in [4.78, 5) is 14.8. The maximum atomic E-state index is 12.8. The quantitative estimate of drug-likeness (QED) is 0.873. The molecule has 1 atom stereocenters. The molecule has 0 spiro atoms. The lowest BCUT2D eigenvalue weighted by Gasteiger charge is -2.40. The van der Waals surface area contributed by atoms with E-state index in [1.807, 2.05) is 18.2 Å². The van der Waals surface area contributed by atoms with Crippen LogP contribution in [0.3, 0.4) is 0 Å². The van der Waals surface area contributed by atoms with E-state index in [4.69, 9.17) is 5.73 Å². The monoisotopic (exact) mass is 286 g/mol. The van der Waals surface area contributed by atoms with Gasteiger partial charge in [-0.05, 0) is 50.5 Å². The number of hydrogen-bond acceptors (Lipinski definition) is 2. The predicted molar refractivity (Wildman–Crippen MR) is 84.6 cm³/mol. The maximum Gasteiger partial charge on any atom is 0.224 e. The summed E-state index contributed by atoms with van der Waals surface area (Å²) in [6, 6.07) is 10.6. The molecule has 2 fully saturated rings. The summed E-state index contributed by atoms with van der Waals surface area (Å²) in [6.45, 7) is 2.91. The summed E-state index contributed by atoms with van der Waals surface area (Å²) in [5.74, 6) is 0.924. The van der Waals surface area contributed by atoms with Crippen molar-refractivity contribution in [3.8, 4) is 0 Å². The van der Waals surface area contributed by atoms with Crippen LogP contribution in [-0.2, 0) is 11.3 Å². The highest BCUT2D eigenvalue weighted by molar-refractivity contribution is 5.78. The normalized spacial score (nSPS) is 21.4. The van der Waals surface area contributed by atoms with E-state index in [1.165, 1.54) is 24.8 Å². The Bertz CT molecular complexity index is 491. The average molecular weight is 286 g/mol.